The fraction of sp³-hybridized carbons (Fsp3) is 0.667. The summed E-state index contributed by atoms with van der Waals surface area (Å²) in [6.07, 6.45) is 9.31. The lowest BCUT2D eigenvalue weighted by molar-refractivity contribution is 0.0922. The van der Waals surface area contributed by atoms with Crippen molar-refractivity contribution in [3.8, 4) is 0 Å². The number of carbonyl (C=O) groups excluding carboxylic acids is 1. The molecule has 3 rings (SSSR count). The molecule has 108 valence electrons. The first kappa shape index (κ1) is 13.8. The summed E-state index contributed by atoms with van der Waals surface area (Å²) in [5.74, 6) is 0.346. The molecule has 0 aromatic carbocycles. The van der Waals surface area contributed by atoms with Crippen molar-refractivity contribution in [2.24, 2.45) is 0 Å². The summed E-state index contributed by atoms with van der Waals surface area (Å²) in [7, 11) is 0. The van der Waals surface area contributed by atoms with E-state index in [0.717, 1.165) is 31.4 Å². The second-order valence-electron chi connectivity index (χ2n) is 5.88. The van der Waals surface area contributed by atoms with Gasteiger partial charge in [0.25, 0.3) is 5.91 Å². The van der Waals surface area contributed by atoms with Gasteiger partial charge in [0.05, 0.1) is 0 Å². The largest absolute Gasteiger partial charge is 0.348 e. The van der Waals surface area contributed by atoms with Gasteiger partial charge in [-0.05, 0) is 43.4 Å². The van der Waals surface area contributed by atoms with E-state index in [1.54, 1.807) is 0 Å². The van der Waals surface area contributed by atoms with E-state index < -0.39 is 0 Å². The lowest BCUT2D eigenvalue weighted by Crippen LogP contribution is -2.36. The van der Waals surface area contributed by atoms with Crippen LogP contribution in [0.3, 0.4) is 0 Å². The van der Waals surface area contributed by atoms with Crippen molar-refractivity contribution in [2.45, 2.75) is 63.3 Å². The second-order valence-corrected chi connectivity index (χ2v) is 6.22. The van der Waals surface area contributed by atoms with Crippen molar-refractivity contribution >= 4 is 17.5 Å². The molecule has 2 fully saturated rings. The average molecular weight is 294 g/mol. The quantitative estimate of drug-likeness (QED) is 0.868. The van der Waals surface area contributed by atoms with Crippen LogP contribution in [0, 0.1) is 0 Å². The van der Waals surface area contributed by atoms with Crippen molar-refractivity contribution in [1.29, 1.82) is 0 Å². The zero-order valence-corrected chi connectivity index (χ0v) is 12.3. The first-order chi connectivity index (χ1) is 9.72. The molecule has 4 nitrogen and oxygen atoms in total. The molecule has 0 radical (unpaired) electrons. The van der Waals surface area contributed by atoms with Crippen molar-refractivity contribution in [2.75, 3.05) is 0 Å². The molecule has 2 aliphatic rings. The Morgan fingerprint density at radius 2 is 1.85 bits per heavy atom. The Morgan fingerprint density at radius 1 is 1.10 bits per heavy atom. The Balaban J connectivity index is 1.71. The number of halogens is 1. The number of carbonyl (C=O) groups is 1. The Morgan fingerprint density at radius 3 is 2.50 bits per heavy atom. The van der Waals surface area contributed by atoms with Gasteiger partial charge in [-0.1, -0.05) is 25.7 Å². The summed E-state index contributed by atoms with van der Waals surface area (Å²) >= 11 is 5.96. The first-order valence-corrected chi connectivity index (χ1v) is 7.95. The maximum atomic E-state index is 12.3. The molecule has 1 heterocycles. The predicted octanol–water partition coefficient (Wildman–Crippen LogP) is 3.46. The first-order valence-electron chi connectivity index (χ1n) is 7.58. The van der Waals surface area contributed by atoms with Gasteiger partial charge in [0.15, 0.2) is 0 Å². The molecular weight excluding hydrogens is 274 g/mol. The van der Waals surface area contributed by atoms with Gasteiger partial charge in [-0.2, -0.15) is 0 Å². The molecule has 2 aliphatic carbocycles. The summed E-state index contributed by atoms with van der Waals surface area (Å²) in [5, 5.41) is 3.26. The summed E-state index contributed by atoms with van der Waals surface area (Å²) in [6, 6.07) is 2.10. The second kappa shape index (κ2) is 6.08. The third-order valence-electron chi connectivity index (χ3n) is 4.42. The van der Waals surface area contributed by atoms with Gasteiger partial charge < -0.3 is 5.32 Å². The monoisotopic (exact) mass is 293 g/mol. The van der Waals surface area contributed by atoms with E-state index in [1.165, 1.54) is 25.7 Å². The summed E-state index contributed by atoms with van der Waals surface area (Å²) in [4.78, 5) is 20.6. The van der Waals surface area contributed by atoms with E-state index in [1.807, 2.05) is 6.07 Å². The van der Waals surface area contributed by atoms with Crippen LogP contribution in [0.2, 0.25) is 5.28 Å². The zero-order chi connectivity index (χ0) is 13.9. The lowest BCUT2D eigenvalue weighted by atomic mass is 9.82. The molecule has 1 aromatic rings. The van der Waals surface area contributed by atoms with Crippen LogP contribution in [0.5, 0.6) is 0 Å². The van der Waals surface area contributed by atoms with Gasteiger partial charge >= 0.3 is 0 Å². The molecule has 2 saturated carbocycles. The van der Waals surface area contributed by atoms with Crippen LogP contribution in [-0.4, -0.2) is 21.9 Å². The molecule has 0 spiro atoms. The molecule has 0 unspecified atom stereocenters. The standard InChI is InChI=1S/C15H20ClN3O/c16-15-18-12(10-5-4-6-10)9-13(19-15)14(20)17-11-7-2-1-3-8-11/h9-11H,1-8H2,(H,17,20). The smallest absolute Gasteiger partial charge is 0.270 e. The molecule has 0 saturated heterocycles. The molecule has 5 heteroatoms. The van der Waals surface area contributed by atoms with Crippen LogP contribution in [0.15, 0.2) is 6.07 Å². The number of rotatable bonds is 3. The van der Waals surface area contributed by atoms with E-state index >= 15 is 0 Å². The Bertz CT molecular complexity index is 496. The van der Waals surface area contributed by atoms with E-state index in [9.17, 15) is 4.79 Å². The highest BCUT2D eigenvalue weighted by Crippen LogP contribution is 2.35. The fourth-order valence-corrected chi connectivity index (χ4v) is 3.16. The predicted molar refractivity (Wildman–Crippen MR) is 78.0 cm³/mol. The fourth-order valence-electron chi connectivity index (χ4n) is 2.97. The van der Waals surface area contributed by atoms with E-state index in [0.29, 0.717) is 11.6 Å². The number of amides is 1. The van der Waals surface area contributed by atoms with Crippen molar-refractivity contribution in [1.82, 2.24) is 15.3 Å². The van der Waals surface area contributed by atoms with Gasteiger partial charge in [0, 0.05) is 17.7 Å². The average Bonchev–Trinajstić information content (AvgIpc) is 2.37. The summed E-state index contributed by atoms with van der Waals surface area (Å²) in [5.41, 5.74) is 1.34. The lowest BCUT2D eigenvalue weighted by Gasteiger charge is -2.25. The van der Waals surface area contributed by atoms with Gasteiger partial charge in [-0.15, -0.1) is 0 Å². The van der Waals surface area contributed by atoms with E-state index in [4.69, 9.17) is 11.6 Å². The number of nitrogens with one attached hydrogen (secondary N) is 1. The van der Waals surface area contributed by atoms with E-state index in [-0.39, 0.29) is 17.2 Å². The van der Waals surface area contributed by atoms with Gasteiger partial charge in [-0.25, -0.2) is 9.97 Å². The highest BCUT2D eigenvalue weighted by molar-refractivity contribution is 6.28. The maximum Gasteiger partial charge on any atom is 0.270 e. The number of hydrogen-bond donors (Lipinski definition) is 1. The zero-order valence-electron chi connectivity index (χ0n) is 11.6. The van der Waals surface area contributed by atoms with Crippen molar-refractivity contribution in [3.63, 3.8) is 0 Å². The third-order valence-corrected chi connectivity index (χ3v) is 4.58. The van der Waals surface area contributed by atoms with E-state index in [2.05, 4.69) is 15.3 Å². The van der Waals surface area contributed by atoms with Crippen LogP contribution in [0.1, 0.15) is 73.5 Å². The van der Waals surface area contributed by atoms with Crippen LogP contribution in [0.4, 0.5) is 0 Å². The topological polar surface area (TPSA) is 54.9 Å². The number of nitrogens with zero attached hydrogens (tertiary/aromatic N) is 2. The third kappa shape index (κ3) is 3.11. The molecule has 0 aliphatic heterocycles. The van der Waals surface area contributed by atoms with Crippen molar-refractivity contribution < 1.29 is 4.79 Å². The van der Waals surface area contributed by atoms with Crippen LogP contribution in [-0.2, 0) is 0 Å². The normalized spacial score (nSPS) is 20.4. The minimum atomic E-state index is -0.109. The molecular formula is C15H20ClN3O. The highest BCUT2D eigenvalue weighted by atomic mass is 35.5. The Kier molecular flexibility index (Phi) is 4.20. The number of hydrogen-bond acceptors (Lipinski definition) is 3. The van der Waals surface area contributed by atoms with Gasteiger partial charge in [-0.3, -0.25) is 4.79 Å². The van der Waals surface area contributed by atoms with Gasteiger partial charge in [0.2, 0.25) is 5.28 Å². The molecule has 0 bridgehead atoms. The molecule has 1 aromatic heterocycles. The summed E-state index contributed by atoms with van der Waals surface area (Å²) < 4.78 is 0. The highest BCUT2D eigenvalue weighted by Gasteiger charge is 2.24. The minimum absolute atomic E-state index is 0.109. The van der Waals surface area contributed by atoms with Crippen molar-refractivity contribution in [3.05, 3.63) is 22.7 Å². The SMILES string of the molecule is O=C(NC1CCCCC1)c1cc(C2CCC2)nc(Cl)n1. The molecule has 1 N–H and O–H groups in total. The summed E-state index contributed by atoms with van der Waals surface area (Å²) in [6.45, 7) is 0. The van der Waals surface area contributed by atoms with Crippen LogP contribution in [0.25, 0.3) is 0 Å². The van der Waals surface area contributed by atoms with Gasteiger partial charge in [0.1, 0.15) is 5.69 Å². The van der Waals surface area contributed by atoms with Crippen LogP contribution < -0.4 is 5.32 Å². The number of aromatic nitrogens is 2. The maximum absolute atomic E-state index is 12.3. The molecule has 0 atom stereocenters. The molecule has 20 heavy (non-hydrogen) atoms. The minimum Gasteiger partial charge on any atom is -0.348 e. The Labute approximate surface area is 124 Å². The molecule has 1 amide bonds. The Hall–Kier alpha value is -1.16. The van der Waals surface area contributed by atoms with Crippen LogP contribution >= 0.6 is 11.6 Å².